The number of benzene rings is 1. The summed E-state index contributed by atoms with van der Waals surface area (Å²) in [6.07, 6.45) is -2.71. The number of guanidine groups is 1. The van der Waals surface area contributed by atoms with Gasteiger partial charge in [-0.2, -0.15) is 13.2 Å². The Bertz CT molecular complexity index is 557. The van der Waals surface area contributed by atoms with Gasteiger partial charge in [0.2, 0.25) is 0 Å². The van der Waals surface area contributed by atoms with Crippen molar-refractivity contribution in [2.24, 2.45) is 4.99 Å². The van der Waals surface area contributed by atoms with Gasteiger partial charge in [0.05, 0.1) is 13.2 Å². The van der Waals surface area contributed by atoms with Crippen LogP contribution in [-0.4, -0.2) is 62.4 Å². The maximum Gasteiger partial charge on any atom is 0.401 e. The van der Waals surface area contributed by atoms with Crippen molar-refractivity contribution in [1.29, 1.82) is 0 Å². The Morgan fingerprint density at radius 2 is 2.04 bits per heavy atom. The summed E-state index contributed by atoms with van der Waals surface area (Å²) in [5, 5.41) is 6.37. The first kappa shape index (κ1) is 23.8. The molecule has 5 nitrogen and oxygen atoms in total. The summed E-state index contributed by atoms with van der Waals surface area (Å²) < 4.78 is 43.0. The van der Waals surface area contributed by atoms with E-state index in [0.717, 1.165) is 12.2 Å². The van der Waals surface area contributed by atoms with Gasteiger partial charge in [-0.05, 0) is 25.5 Å². The number of rotatable bonds is 8. The van der Waals surface area contributed by atoms with E-state index in [-0.39, 0.29) is 30.0 Å². The van der Waals surface area contributed by atoms with Crippen LogP contribution in [0.2, 0.25) is 0 Å². The van der Waals surface area contributed by atoms with Gasteiger partial charge in [0, 0.05) is 38.6 Å². The average Bonchev–Trinajstić information content (AvgIpc) is 3.00. The van der Waals surface area contributed by atoms with Crippen LogP contribution in [0.4, 0.5) is 13.2 Å². The third-order valence-corrected chi connectivity index (χ3v) is 3.94. The lowest BCUT2D eigenvalue weighted by Gasteiger charge is -2.19. The number of halogens is 4. The minimum Gasteiger partial charge on any atom is -0.494 e. The maximum atomic E-state index is 12.5. The smallest absolute Gasteiger partial charge is 0.401 e. The summed E-state index contributed by atoms with van der Waals surface area (Å²) in [7, 11) is 0. The highest BCUT2D eigenvalue weighted by Crippen LogP contribution is 2.19. The van der Waals surface area contributed by atoms with Crippen LogP contribution in [0.25, 0.3) is 0 Å². The number of hydrogen-bond acceptors (Lipinski definition) is 3. The normalized spacial score (nSPS) is 18.1. The van der Waals surface area contributed by atoms with Gasteiger partial charge >= 0.3 is 6.18 Å². The van der Waals surface area contributed by atoms with Crippen LogP contribution >= 0.6 is 24.0 Å². The zero-order valence-electron chi connectivity index (χ0n) is 15.5. The molecule has 1 aliphatic heterocycles. The molecule has 154 valence electrons. The fraction of sp³-hybridized carbons (Fsp3) is 0.611. The molecule has 1 heterocycles. The Balaban J connectivity index is 0.00000364. The molecule has 0 spiro atoms. The van der Waals surface area contributed by atoms with Gasteiger partial charge in [-0.3, -0.25) is 9.89 Å². The molecule has 1 atom stereocenters. The standard InChI is InChI=1S/C18H27F3N4O.HI/c1-2-22-17(23-10-6-12-26-16-7-4-3-5-8-16)24-15-9-11-25(13-15)14-18(19,20)21;/h3-5,7-8,15H,2,6,9-14H2,1H3,(H2,22,23,24);1H. The van der Waals surface area contributed by atoms with Crippen molar-refractivity contribution < 1.29 is 17.9 Å². The van der Waals surface area contributed by atoms with Crippen LogP contribution in [0, 0.1) is 0 Å². The number of nitrogens with zero attached hydrogens (tertiary/aromatic N) is 2. The summed E-state index contributed by atoms with van der Waals surface area (Å²) >= 11 is 0. The molecule has 9 heteroatoms. The highest BCUT2D eigenvalue weighted by Gasteiger charge is 2.34. The molecule has 0 amide bonds. The van der Waals surface area contributed by atoms with E-state index in [4.69, 9.17) is 4.74 Å². The van der Waals surface area contributed by atoms with Gasteiger partial charge < -0.3 is 15.4 Å². The molecule has 1 saturated heterocycles. The number of likely N-dealkylation sites (tertiary alicyclic amines) is 1. The van der Waals surface area contributed by atoms with E-state index in [1.807, 2.05) is 37.3 Å². The highest BCUT2D eigenvalue weighted by molar-refractivity contribution is 14.0. The van der Waals surface area contributed by atoms with E-state index in [9.17, 15) is 13.2 Å². The number of nitrogens with one attached hydrogen (secondary N) is 2. The predicted molar refractivity (Wildman–Crippen MR) is 112 cm³/mol. The predicted octanol–water partition coefficient (Wildman–Crippen LogP) is 3.27. The lowest BCUT2D eigenvalue weighted by Crippen LogP contribution is -2.45. The maximum absolute atomic E-state index is 12.5. The van der Waals surface area contributed by atoms with Gasteiger partial charge in [0.15, 0.2) is 5.96 Å². The average molecular weight is 500 g/mol. The summed E-state index contributed by atoms with van der Waals surface area (Å²) in [4.78, 5) is 5.91. The number of ether oxygens (including phenoxy) is 1. The lowest BCUT2D eigenvalue weighted by molar-refractivity contribution is -0.143. The SMILES string of the molecule is CCNC(=NCCCOc1ccccc1)NC1CCN(CC(F)(F)F)C1.I. The fourth-order valence-electron chi connectivity index (χ4n) is 2.82. The number of hydrogen-bond donors (Lipinski definition) is 2. The van der Waals surface area contributed by atoms with Gasteiger partial charge in [-0.15, -0.1) is 24.0 Å². The molecule has 2 N–H and O–H groups in total. The van der Waals surface area contributed by atoms with Crippen molar-refractivity contribution in [3.63, 3.8) is 0 Å². The van der Waals surface area contributed by atoms with Crippen LogP contribution in [0.5, 0.6) is 5.75 Å². The minimum atomic E-state index is -4.15. The first-order chi connectivity index (χ1) is 12.5. The first-order valence-corrected chi connectivity index (χ1v) is 8.98. The van der Waals surface area contributed by atoms with Crippen LogP contribution in [0.1, 0.15) is 19.8 Å². The highest BCUT2D eigenvalue weighted by atomic mass is 127. The number of alkyl halides is 3. The Morgan fingerprint density at radius 1 is 1.30 bits per heavy atom. The van der Waals surface area contributed by atoms with Crippen LogP contribution in [0.3, 0.4) is 0 Å². The summed E-state index contributed by atoms with van der Waals surface area (Å²) in [6, 6.07) is 9.57. The van der Waals surface area contributed by atoms with E-state index >= 15 is 0 Å². The summed E-state index contributed by atoms with van der Waals surface area (Å²) in [5.74, 6) is 1.48. The van der Waals surface area contributed by atoms with E-state index in [0.29, 0.717) is 45.2 Å². The molecule has 1 fully saturated rings. The van der Waals surface area contributed by atoms with Crippen molar-refractivity contribution >= 4 is 29.9 Å². The second kappa shape index (κ2) is 12.3. The molecule has 0 aromatic heterocycles. The molecule has 2 rings (SSSR count). The number of aliphatic imine (C=N–C) groups is 1. The summed E-state index contributed by atoms with van der Waals surface area (Å²) in [5.41, 5.74) is 0. The van der Waals surface area contributed by atoms with Gasteiger partial charge in [0.25, 0.3) is 0 Å². The van der Waals surface area contributed by atoms with Crippen molar-refractivity contribution in [2.75, 3.05) is 39.3 Å². The lowest BCUT2D eigenvalue weighted by atomic mass is 10.3. The Labute approximate surface area is 175 Å². The fourth-order valence-corrected chi connectivity index (χ4v) is 2.82. The molecule has 1 aliphatic rings. The van der Waals surface area contributed by atoms with E-state index < -0.39 is 12.7 Å². The Hall–Kier alpha value is -1.23. The second-order valence-electron chi connectivity index (χ2n) is 6.26. The van der Waals surface area contributed by atoms with Crippen molar-refractivity contribution in [3.8, 4) is 5.75 Å². The van der Waals surface area contributed by atoms with E-state index in [1.165, 1.54) is 4.90 Å². The number of para-hydroxylation sites is 1. The van der Waals surface area contributed by atoms with Gasteiger partial charge in [-0.1, -0.05) is 18.2 Å². The quantitative estimate of drug-likeness (QED) is 0.249. The van der Waals surface area contributed by atoms with Crippen LogP contribution < -0.4 is 15.4 Å². The monoisotopic (exact) mass is 500 g/mol. The summed E-state index contributed by atoms with van der Waals surface area (Å²) in [6.45, 7) is 3.78. The van der Waals surface area contributed by atoms with E-state index in [2.05, 4.69) is 15.6 Å². The van der Waals surface area contributed by atoms with Crippen molar-refractivity contribution in [3.05, 3.63) is 30.3 Å². The first-order valence-electron chi connectivity index (χ1n) is 8.98. The molecule has 0 radical (unpaired) electrons. The largest absolute Gasteiger partial charge is 0.494 e. The third kappa shape index (κ3) is 10.0. The molecule has 27 heavy (non-hydrogen) atoms. The van der Waals surface area contributed by atoms with Crippen molar-refractivity contribution in [1.82, 2.24) is 15.5 Å². The van der Waals surface area contributed by atoms with Crippen molar-refractivity contribution in [2.45, 2.75) is 32.0 Å². The van der Waals surface area contributed by atoms with Gasteiger partial charge in [-0.25, -0.2) is 0 Å². The zero-order chi connectivity index (χ0) is 18.8. The molecule has 0 saturated carbocycles. The molecule has 1 aromatic rings. The topological polar surface area (TPSA) is 48.9 Å². The molecule has 0 bridgehead atoms. The molecule has 0 aliphatic carbocycles. The molecule has 1 unspecified atom stereocenters. The second-order valence-corrected chi connectivity index (χ2v) is 6.26. The third-order valence-electron chi connectivity index (χ3n) is 3.94. The Morgan fingerprint density at radius 3 is 2.70 bits per heavy atom. The molecular weight excluding hydrogens is 472 g/mol. The minimum absolute atomic E-state index is 0. The van der Waals surface area contributed by atoms with E-state index in [1.54, 1.807) is 0 Å². The molecular formula is C18H28F3IN4O. The Kier molecular flexibility index (Phi) is 10.8. The van der Waals surface area contributed by atoms with Crippen LogP contribution in [-0.2, 0) is 0 Å². The zero-order valence-corrected chi connectivity index (χ0v) is 17.8. The van der Waals surface area contributed by atoms with Crippen LogP contribution in [0.15, 0.2) is 35.3 Å². The molecule has 1 aromatic carbocycles. The van der Waals surface area contributed by atoms with Gasteiger partial charge in [0.1, 0.15) is 5.75 Å².